The smallest absolute Gasteiger partial charge is 0.0271 e. The van der Waals surface area contributed by atoms with Crippen molar-refractivity contribution in [2.45, 2.75) is 6.42 Å². The Kier molecular flexibility index (Phi) is 3.93. The summed E-state index contributed by atoms with van der Waals surface area (Å²) in [6.45, 7) is 3.70. The molecule has 0 radical (unpaired) electrons. The lowest BCUT2D eigenvalue weighted by atomic mass is 10.4. The standard InChI is InChI=1S/C10H13P/c1-2-3-9-11-10-7-5-4-6-8-10/h2,4-8,11H,1,3,9H2. The molecular weight excluding hydrogens is 151 g/mol. The quantitative estimate of drug-likeness (QED) is 0.364. The minimum Gasteiger partial charge on any atom is -0.103 e. The van der Waals surface area contributed by atoms with Crippen molar-refractivity contribution in [1.29, 1.82) is 0 Å². The average molecular weight is 164 g/mol. The van der Waals surface area contributed by atoms with Crippen LogP contribution in [-0.2, 0) is 0 Å². The Bertz CT molecular complexity index is 203. The summed E-state index contributed by atoms with van der Waals surface area (Å²) in [5.41, 5.74) is 0. The van der Waals surface area contributed by atoms with Crippen LogP contribution in [-0.4, -0.2) is 6.16 Å². The monoisotopic (exact) mass is 164 g/mol. The molecule has 0 saturated heterocycles. The molecule has 1 aromatic carbocycles. The van der Waals surface area contributed by atoms with Gasteiger partial charge < -0.3 is 0 Å². The first kappa shape index (κ1) is 8.49. The number of hydrogen-bond acceptors (Lipinski definition) is 0. The normalized spacial score (nSPS) is 10.5. The van der Waals surface area contributed by atoms with Crippen LogP contribution in [0.5, 0.6) is 0 Å². The van der Waals surface area contributed by atoms with Gasteiger partial charge in [0.25, 0.3) is 0 Å². The molecule has 58 valence electrons. The van der Waals surface area contributed by atoms with E-state index < -0.39 is 0 Å². The molecule has 0 saturated carbocycles. The lowest BCUT2D eigenvalue weighted by molar-refractivity contribution is 1.25. The minimum absolute atomic E-state index is 0.940. The fourth-order valence-corrected chi connectivity index (χ4v) is 1.94. The molecular formula is C10H13P. The van der Waals surface area contributed by atoms with E-state index in [0.717, 1.165) is 15.0 Å². The molecule has 11 heavy (non-hydrogen) atoms. The molecule has 1 aromatic rings. The fraction of sp³-hybridized carbons (Fsp3) is 0.200. The third-order valence-corrected chi connectivity index (χ3v) is 2.73. The molecule has 0 amide bonds. The van der Waals surface area contributed by atoms with Crippen molar-refractivity contribution in [3.8, 4) is 0 Å². The summed E-state index contributed by atoms with van der Waals surface area (Å²) in [4.78, 5) is 0. The third-order valence-electron chi connectivity index (χ3n) is 1.45. The largest absolute Gasteiger partial charge is 0.103 e. The van der Waals surface area contributed by atoms with E-state index in [-0.39, 0.29) is 0 Å². The highest BCUT2D eigenvalue weighted by Crippen LogP contribution is 2.10. The minimum atomic E-state index is 0.940. The lowest BCUT2D eigenvalue weighted by Gasteiger charge is -1.97. The summed E-state index contributed by atoms with van der Waals surface area (Å²) >= 11 is 0. The fourth-order valence-electron chi connectivity index (χ4n) is 0.875. The zero-order valence-electron chi connectivity index (χ0n) is 6.59. The van der Waals surface area contributed by atoms with Crippen molar-refractivity contribution in [2.75, 3.05) is 6.16 Å². The van der Waals surface area contributed by atoms with E-state index in [1.54, 1.807) is 0 Å². The summed E-state index contributed by atoms with van der Waals surface area (Å²) in [5.74, 6) is 0. The van der Waals surface area contributed by atoms with E-state index >= 15 is 0 Å². The highest BCUT2D eigenvalue weighted by Gasteiger charge is 1.87. The van der Waals surface area contributed by atoms with E-state index in [0.29, 0.717) is 0 Å². The van der Waals surface area contributed by atoms with Crippen LogP contribution in [0.15, 0.2) is 43.0 Å². The van der Waals surface area contributed by atoms with Gasteiger partial charge in [0.15, 0.2) is 0 Å². The molecule has 1 heteroatoms. The van der Waals surface area contributed by atoms with Gasteiger partial charge in [-0.2, -0.15) is 0 Å². The molecule has 1 atom stereocenters. The van der Waals surface area contributed by atoms with Gasteiger partial charge in [0.1, 0.15) is 0 Å². The summed E-state index contributed by atoms with van der Waals surface area (Å²) in [6, 6.07) is 10.6. The van der Waals surface area contributed by atoms with Crippen molar-refractivity contribution < 1.29 is 0 Å². The van der Waals surface area contributed by atoms with Crippen molar-refractivity contribution >= 4 is 13.9 Å². The first-order chi connectivity index (χ1) is 5.43. The molecule has 0 bridgehead atoms. The van der Waals surface area contributed by atoms with Gasteiger partial charge in [-0.15, -0.1) is 6.58 Å². The van der Waals surface area contributed by atoms with Crippen LogP contribution in [0.4, 0.5) is 0 Å². The first-order valence-corrected chi connectivity index (χ1v) is 5.04. The van der Waals surface area contributed by atoms with Crippen LogP contribution >= 0.6 is 8.58 Å². The average Bonchev–Trinajstić information content (AvgIpc) is 2.07. The highest BCUT2D eigenvalue weighted by atomic mass is 31.1. The maximum atomic E-state index is 3.70. The lowest BCUT2D eigenvalue weighted by Crippen LogP contribution is -1.92. The maximum absolute atomic E-state index is 3.70. The van der Waals surface area contributed by atoms with Crippen molar-refractivity contribution in [1.82, 2.24) is 0 Å². The van der Waals surface area contributed by atoms with E-state index in [4.69, 9.17) is 0 Å². The molecule has 0 aromatic heterocycles. The summed E-state index contributed by atoms with van der Waals surface area (Å²) in [5, 5.41) is 1.45. The topological polar surface area (TPSA) is 0 Å². The van der Waals surface area contributed by atoms with Gasteiger partial charge in [-0.05, 0) is 17.9 Å². The number of rotatable bonds is 4. The molecule has 0 heterocycles. The zero-order valence-corrected chi connectivity index (χ0v) is 7.59. The van der Waals surface area contributed by atoms with Crippen LogP contribution in [0.1, 0.15) is 6.42 Å². The third kappa shape index (κ3) is 3.34. The molecule has 1 rings (SSSR count). The molecule has 1 unspecified atom stereocenters. The van der Waals surface area contributed by atoms with E-state index in [1.165, 1.54) is 11.5 Å². The first-order valence-electron chi connectivity index (χ1n) is 3.83. The van der Waals surface area contributed by atoms with Crippen LogP contribution in [0, 0.1) is 0 Å². The van der Waals surface area contributed by atoms with Gasteiger partial charge in [-0.1, -0.05) is 45.0 Å². The molecule has 0 aliphatic heterocycles. The Morgan fingerprint density at radius 3 is 2.64 bits per heavy atom. The molecule has 0 N–H and O–H groups in total. The predicted octanol–water partition coefficient (Wildman–Crippen LogP) is 2.57. The van der Waals surface area contributed by atoms with Gasteiger partial charge in [0, 0.05) is 0 Å². The molecule has 0 aliphatic rings. The van der Waals surface area contributed by atoms with E-state index in [2.05, 4.69) is 36.9 Å². The van der Waals surface area contributed by atoms with Gasteiger partial charge in [-0.3, -0.25) is 0 Å². The van der Waals surface area contributed by atoms with Gasteiger partial charge >= 0.3 is 0 Å². The van der Waals surface area contributed by atoms with Gasteiger partial charge in [0.05, 0.1) is 0 Å². The molecule has 0 nitrogen and oxygen atoms in total. The highest BCUT2D eigenvalue weighted by molar-refractivity contribution is 7.47. The van der Waals surface area contributed by atoms with E-state index in [9.17, 15) is 0 Å². The van der Waals surface area contributed by atoms with Crippen molar-refractivity contribution in [3.05, 3.63) is 43.0 Å². The van der Waals surface area contributed by atoms with Crippen molar-refractivity contribution in [2.24, 2.45) is 0 Å². The van der Waals surface area contributed by atoms with Crippen LogP contribution < -0.4 is 5.30 Å². The Morgan fingerprint density at radius 2 is 2.00 bits per heavy atom. The Hall–Kier alpha value is -0.610. The van der Waals surface area contributed by atoms with Gasteiger partial charge in [0.2, 0.25) is 0 Å². The number of benzene rings is 1. The Balaban J connectivity index is 2.33. The second kappa shape index (κ2) is 5.09. The Labute approximate surface area is 70.1 Å². The maximum Gasteiger partial charge on any atom is -0.0271 e. The summed E-state index contributed by atoms with van der Waals surface area (Å²) in [6.07, 6.45) is 4.36. The molecule has 0 fully saturated rings. The summed E-state index contributed by atoms with van der Waals surface area (Å²) in [7, 11) is 0.940. The predicted molar refractivity (Wildman–Crippen MR) is 54.1 cm³/mol. The number of hydrogen-bond donors (Lipinski definition) is 0. The van der Waals surface area contributed by atoms with Crippen molar-refractivity contribution in [3.63, 3.8) is 0 Å². The number of allylic oxidation sites excluding steroid dienone is 1. The van der Waals surface area contributed by atoms with Crippen LogP contribution in [0.2, 0.25) is 0 Å². The second-order valence-electron chi connectivity index (χ2n) is 2.37. The SMILES string of the molecule is C=CCCPc1ccccc1. The van der Waals surface area contributed by atoms with E-state index in [1.807, 2.05) is 6.08 Å². The van der Waals surface area contributed by atoms with Gasteiger partial charge in [-0.25, -0.2) is 0 Å². The second-order valence-corrected chi connectivity index (χ2v) is 3.80. The Morgan fingerprint density at radius 1 is 1.27 bits per heavy atom. The summed E-state index contributed by atoms with van der Waals surface area (Å²) < 4.78 is 0. The van der Waals surface area contributed by atoms with Crippen LogP contribution in [0.25, 0.3) is 0 Å². The zero-order chi connectivity index (χ0) is 7.94. The molecule has 0 spiro atoms. The van der Waals surface area contributed by atoms with Crippen LogP contribution in [0.3, 0.4) is 0 Å². The molecule has 0 aliphatic carbocycles.